The first-order valence-electron chi connectivity index (χ1n) is 21.7. The lowest BCUT2D eigenvalue weighted by molar-refractivity contribution is -0.887. The maximum Gasteiger partial charge on any atom is 0.362 e. The summed E-state index contributed by atoms with van der Waals surface area (Å²) in [6.45, 7) is 4.65. The Morgan fingerprint density at radius 3 is 1.50 bits per heavy atom. The monoisotopic (exact) mass is 761 g/mol. The zero-order valence-electron chi connectivity index (χ0n) is 35.4. The lowest BCUT2D eigenvalue weighted by atomic mass is 10.0. The molecule has 0 aliphatic carbocycles. The lowest BCUT2D eigenvalue weighted by Gasteiger charge is -2.31. The molecule has 0 saturated heterocycles. The molecule has 54 heavy (non-hydrogen) atoms. The molecule has 0 aromatic rings. The molecule has 0 aromatic carbocycles. The smallest absolute Gasteiger partial charge is 0.362 e. The van der Waals surface area contributed by atoms with Crippen LogP contribution in [-0.2, 0) is 28.6 Å². The van der Waals surface area contributed by atoms with E-state index in [2.05, 4.69) is 62.5 Å². The standard InChI is InChI=1S/C46H81NO7/c1-6-8-10-12-14-16-18-20-21-22-23-25-26-28-30-32-34-36-44(48)53-41-42(40-52-39-38-43(46(50)51)47(3,4)5)54-45(49)37-35-33-31-29-27-24-19-17-15-13-11-9-7-2/h14,16,20-21,23,25,28,30,42-43H,6-13,15,17-19,22,24,26-27,29,31-41H2,1-5H3/p+1/b16-14+,21-20+,25-23+,30-28+. The van der Waals surface area contributed by atoms with Crippen molar-refractivity contribution in [2.75, 3.05) is 41.0 Å². The summed E-state index contributed by atoms with van der Waals surface area (Å²) in [7, 11) is 5.51. The van der Waals surface area contributed by atoms with Crippen LogP contribution < -0.4 is 0 Å². The van der Waals surface area contributed by atoms with Crippen LogP contribution in [0.2, 0.25) is 0 Å². The number of carboxylic acids is 1. The van der Waals surface area contributed by atoms with Crippen LogP contribution in [0.4, 0.5) is 0 Å². The van der Waals surface area contributed by atoms with Gasteiger partial charge in [-0.2, -0.15) is 0 Å². The van der Waals surface area contributed by atoms with E-state index in [1.807, 2.05) is 21.1 Å². The summed E-state index contributed by atoms with van der Waals surface area (Å²) in [4.78, 5) is 36.9. The van der Waals surface area contributed by atoms with E-state index in [1.165, 1.54) is 89.9 Å². The molecule has 0 amide bonds. The van der Waals surface area contributed by atoms with Gasteiger partial charge in [0.2, 0.25) is 0 Å². The first kappa shape index (κ1) is 51.3. The number of ether oxygens (including phenoxy) is 3. The summed E-state index contributed by atoms with van der Waals surface area (Å²) in [5.74, 6) is -1.54. The Morgan fingerprint density at radius 2 is 1.00 bits per heavy atom. The number of nitrogens with zero attached hydrogens (tertiary/aromatic N) is 1. The van der Waals surface area contributed by atoms with Crippen LogP contribution in [0.25, 0.3) is 0 Å². The quantitative estimate of drug-likeness (QED) is 0.0289. The number of rotatable bonds is 38. The molecule has 1 N–H and O–H groups in total. The minimum absolute atomic E-state index is 0.0450. The van der Waals surface area contributed by atoms with Crippen molar-refractivity contribution in [1.29, 1.82) is 0 Å². The second-order valence-electron chi connectivity index (χ2n) is 15.6. The molecule has 0 aromatic heterocycles. The van der Waals surface area contributed by atoms with E-state index in [-0.39, 0.29) is 42.7 Å². The Balaban J connectivity index is 4.45. The molecule has 2 atom stereocenters. The summed E-state index contributed by atoms with van der Waals surface area (Å²) < 4.78 is 17.2. The normalized spacial score (nSPS) is 13.4. The van der Waals surface area contributed by atoms with Crippen molar-refractivity contribution < 1.29 is 38.2 Å². The van der Waals surface area contributed by atoms with Gasteiger partial charge in [0.05, 0.1) is 34.4 Å². The number of quaternary nitrogens is 1. The fraction of sp³-hybridized carbons (Fsp3) is 0.761. The van der Waals surface area contributed by atoms with Gasteiger partial charge >= 0.3 is 17.9 Å². The van der Waals surface area contributed by atoms with E-state index in [1.54, 1.807) is 0 Å². The molecule has 0 heterocycles. The fourth-order valence-electron chi connectivity index (χ4n) is 6.08. The van der Waals surface area contributed by atoms with Crippen molar-refractivity contribution in [3.8, 4) is 0 Å². The second-order valence-corrected chi connectivity index (χ2v) is 15.6. The van der Waals surface area contributed by atoms with E-state index in [0.29, 0.717) is 19.3 Å². The van der Waals surface area contributed by atoms with Gasteiger partial charge in [-0.15, -0.1) is 0 Å². The van der Waals surface area contributed by atoms with Crippen molar-refractivity contribution in [3.05, 3.63) is 48.6 Å². The van der Waals surface area contributed by atoms with Crippen LogP contribution >= 0.6 is 0 Å². The molecular weight excluding hydrogens is 679 g/mol. The van der Waals surface area contributed by atoms with Gasteiger partial charge in [0, 0.05) is 19.3 Å². The molecule has 312 valence electrons. The molecule has 8 nitrogen and oxygen atoms in total. The van der Waals surface area contributed by atoms with Crippen LogP contribution in [0.3, 0.4) is 0 Å². The number of hydrogen-bond acceptors (Lipinski definition) is 6. The van der Waals surface area contributed by atoms with Crippen LogP contribution in [-0.4, -0.2) is 80.6 Å². The second kappa shape index (κ2) is 37.2. The van der Waals surface area contributed by atoms with Gasteiger partial charge in [-0.05, 0) is 51.4 Å². The minimum atomic E-state index is -0.882. The van der Waals surface area contributed by atoms with Crippen molar-refractivity contribution in [2.45, 2.75) is 187 Å². The van der Waals surface area contributed by atoms with E-state index in [0.717, 1.165) is 44.9 Å². The molecule has 2 unspecified atom stereocenters. The largest absolute Gasteiger partial charge is 0.477 e. The Labute approximate surface area is 331 Å². The Hall–Kier alpha value is -2.71. The van der Waals surface area contributed by atoms with Gasteiger partial charge in [0.15, 0.2) is 12.1 Å². The highest BCUT2D eigenvalue weighted by molar-refractivity contribution is 5.72. The van der Waals surface area contributed by atoms with Crippen molar-refractivity contribution in [1.82, 2.24) is 0 Å². The number of aliphatic carboxylic acids is 1. The van der Waals surface area contributed by atoms with E-state index in [9.17, 15) is 19.5 Å². The number of likely N-dealkylation sites (N-methyl/N-ethyl adjacent to an activating group) is 1. The van der Waals surface area contributed by atoms with E-state index < -0.39 is 18.1 Å². The van der Waals surface area contributed by atoms with Gasteiger partial charge in [-0.25, -0.2) is 4.79 Å². The molecule has 0 rings (SSSR count). The zero-order chi connectivity index (χ0) is 40.0. The molecule has 0 aliphatic rings. The number of carbonyl (C=O) groups is 3. The van der Waals surface area contributed by atoms with Gasteiger partial charge in [-0.1, -0.05) is 152 Å². The van der Waals surface area contributed by atoms with Crippen molar-refractivity contribution >= 4 is 17.9 Å². The molecule has 0 spiro atoms. The molecule has 0 fully saturated rings. The first-order valence-corrected chi connectivity index (χ1v) is 21.7. The van der Waals surface area contributed by atoms with E-state index in [4.69, 9.17) is 14.2 Å². The highest BCUT2D eigenvalue weighted by atomic mass is 16.6. The maximum atomic E-state index is 12.7. The average molecular weight is 761 g/mol. The van der Waals surface area contributed by atoms with E-state index >= 15 is 0 Å². The van der Waals surface area contributed by atoms with Crippen molar-refractivity contribution in [3.63, 3.8) is 0 Å². The predicted molar refractivity (Wildman–Crippen MR) is 224 cm³/mol. The van der Waals surface area contributed by atoms with Gasteiger partial charge in [0.25, 0.3) is 0 Å². The van der Waals surface area contributed by atoms with Gasteiger partial charge in [-0.3, -0.25) is 9.59 Å². The highest BCUT2D eigenvalue weighted by Crippen LogP contribution is 2.14. The number of hydrogen-bond donors (Lipinski definition) is 1. The molecule has 0 radical (unpaired) electrons. The Morgan fingerprint density at radius 1 is 0.556 bits per heavy atom. The SMILES string of the molecule is CCCCC/C=C/C/C=C/C/C=C/C/C=C/CCCC(=O)OCC(COCCC(C(=O)O)[N+](C)(C)C)OC(=O)CCCCCCCCCCCCCCC. The molecule has 0 aliphatic heterocycles. The Kier molecular flexibility index (Phi) is 35.4. The first-order chi connectivity index (χ1) is 26.1. The van der Waals surface area contributed by atoms with Crippen LogP contribution in [0.15, 0.2) is 48.6 Å². The Bertz CT molecular complexity index is 1030. The predicted octanol–water partition coefficient (Wildman–Crippen LogP) is 11.6. The highest BCUT2D eigenvalue weighted by Gasteiger charge is 2.31. The fourth-order valence-corrected chi connectivity index (χ4v) is 6.08. The number of carboxylic acid groups (broad SMARTS) is 1. The average Bonchev–Trinajstić information content (AvgIpc) is 3.12. The van der Waals surface area contributed by atoms with Crippen LogP contribution in [0.1, 0.15) is 174 Å². The van der Waals surface area contributed by atoms with Crippen molar-refractivity contribution in [2.24, 2.45) is 0 Å². The summed E-state index contributed by atoms with van der Waals surface area (Å²) in [5.41, 5.74) is 0. The number of allylic oxidation sites excluding steroid dienone is 8. The minimum Gasteiger partial charge on any atom is -0.477 e. The third-order valence-electron chi connectivity index (χ3n) is 9.48. The molecule has 0 saturated carbocycles. The van der Waals surface area contributed by atoms with Crippen LogP contribution in [0.5, 0.6) is 0 Å². The topological polar surface area (TPSA) is 99.1 Å². The molecule has 0 bridgehead atoms. The summed E-state index contributed by atoms with van der Waals surface area (Å²) in [5, 5.41) is 9.61. The maximum absolute atomic E-state index is 12.7. The summed E-state index contributed by atoms with van der Waals surface area (Å²) in [6.07, 6.45) is 43.0. The number of unbranched alkanes of at least 4 members (excludes halogenated alkanes) is 16. The third-order valence-corrected chi connectivity index (χ3v) is 9.48. The molecular formula is C46H82NO7+. The van der Waals surface area contributed by atoms with Gasteiger partial charge in [0.1, 0.15) is 6.61 Å². The summed E-state index contributed by atoms with van der Waals surface area (Å²) in [6, 6.07) is -0.621. The number of carbonyl (C=O) groups excluding carboxylic acids is 2. The molecule has 8 heteroatoms. The van der Waals surface area contributed by atoms with Gasteiger partial charge < -0.3 is 23.8 Å². The summed E-state index contributed by atoms with van der Waals surface area (Å²) >= 11 is 0. The third kappa shape index (κ3) is 35.0. The lowest BCUT2D eigenvalue weighted by Crippen LogP contribution is -2.50. The zero-order valence-corrected chi connectivity index (χ0v) is 35.4. The number of esters is 2. The van der Waals surface area contributed by atoms with Crippen LogP contribution in [0, 0.1) is 0 Å².